The summed E-state index contributed by atoms with van der Waals surface area (Å²) in [5.74, 6) is 0.538. The van der Waals surface area contributed by atoms with Crippen LogP contribution in [0.15, 0.2) is 43.0 Å². The summed E-state index contributed by atoms with van der Waals surface area (Å²) in [5, 5.41) is 7.05. The minimum absolute atomic E-state index is 0.0482. The van der Waals surface area contributed by atoms with Gasteiger partial charge in [0.15, 0.2) is 5.82 Å². The molecule has 1 unspecified atom stereocenters. The normalized spacial score (nSPS) is 18.6. The van der Waals surface area contributed by atoms with Gasteiger partial charge in [0.1, 0.15) is 5.82 Å². The third-order valence-electron chi connectivity index (χ3n) is 3.48. The Morgan fingerprint density at radius 2 is 2.15 bits per heavy atom. The minimum Gasteiger partial charge on any atom is -0.295 e. The van der Waals surface area contributed by atoms with Crippen molar-refractivity contribution in [2.45, 2.75) is 6.42 Å². The van der Waals surface area contributed by atoms with Crippen molar-refractivity contribution >= 4 is 11.7 Å². The van der Waals surface area contributed by atoms with Crippen LogP contribution in [-0.4, -0.2) is 22.6 Å². The van der Waals surface area contributed by atoms with Gasteiger partial charge in [-0.3, -0.25) is 14.8 Å². The van der Waals surface area contributed by atoms with Crippen LogP contribution in [0, 0.1) is 11.7 Å². The highest BCUT2D eigenvalue weighted by Gasteiger charge is 2.30. The largest absolute Gasteiger partial charge is 0.295 e. The fourth-order valence-corrected chi connectivity index (χ4v) is 2.34. The number of carbonyl (C=O) groups is 1. The summed E-state index contributed by atoms with van der Waals surface area (Å²) in [6.07, 6.45) is 2.27. The van der Waals surface area contributed by atoms with Gasteiger partial charge in [0.25, 0.3) is 0 Å². The van der Waals surface area contributed by atoms with Crippen molar-refractivity contribution in [1.82, 2.24) is 10.2 Å². The maximum atomic E-state index is 12.9. The summed E-state index contributed by atoms with van der Waals surface area (Å²) in [6, 6.07) is 7.93. The molecule has 1 saturated heterocycles. The number of amides is 1. The van der Waals surface area contributed by atoms with Crippen LogP contribution in [0.2, 0.25) is 0 Å². The molecule has 0 radical (unpaired) electrons. The molecule has 0 bridgehead atoms. The van der Waals surface area contributed by atoms with Crippen molar-refractivity contribution in [2.75, 3.05) is 11.4 Å². The molecule has 0 saturated carbocycles. The van der Waals surface area contributed by atoms with E-state index in [-0.39, 0.29) is 17.6 Å². The maximum absolute atomic E-state index is 12.9. The van der Waals surface area contributed by atoms with Crippen LogP contribution in [0.1, 0.15) is 6.42 Å². The number of aromatic amines is 1. The Morgan fingerprint density at radius 1 is 1.40 bits per heavy atom. The number of carbonyl (C=O) groups excluding carboxylic acids is 1. The van der Waals surface area contributed by atoms with Gasteiger partial charge in [-0.1, -0.05) is 6.08 Å². The molecule has 1 aliphatic heterocycles. The lowest BCUT2D eigenvalue weighted by molar-refractivity contribution is -0.117. The Hall–Kier alpha value is -2.43. The highest BCUT2D eigenvalue weighted by atomic mass is 19.1. The molecule has 1 atom stereocenters. The Balaban J connectivity index is 1.85. The van der Waals surface area contributed by atoms with Gasteiger partial charge >= 0.3 is 0 Å². The number of H-pyrrole nitrogens is 1. The molecule has 2 heterocycles. The van der Waals surface area contributed by atoms with Crippen LogP contribution >= 0.6 is 0 Å². The molecule has 5 heteroatoms. The molecule has 102 valence electrons. The lowest BCUT2D eigenvalue weighted by atomic mass is 10.1. The third-order valence-corrected chi connectivity index (χ3v) is 3.48. The average Bonchev–Trinajstić information content (AvgIpc) is 3.06. The van der Waals surface area contributed by atoms with Crippen molar-refractivity contribution in [3.8, 4) is 11.3 Å². The third kappa shape index (κ3) is 2.22. The highest BCUT2D eigenvalue weighted by molar-refractivity contribution is 5.95. The monoisotopic (exact) mass is 271 g/mol. The van der Waals surface area contributed by atoms with E-state index in [9.17, 15) is 9.18 Å². The van der Waals surface area contributed by atoms with Gasteiger partial charge in [-0.2, -0.15) is 5.10 Å². The SMILES string of the molecule is C=CC1CC(=O)N(c2cc(-c3ccc(F)cc3)[nH]n2)C1. The van der Waals surface area contributed by atoms with E-state index >= 15 is 0 Å². The summed E-state index contributed by atoms with van der Waals surface area (Å²) in [5.41, 5.74) is 1.59. The van der Waals surface area contributed by atoms with Crippen molar-refractivity contribution in [3.05, 3.63) is 48.8 Å². The van der Waals surface area contributed by atoms with E-state index in [2.05, 4.69) is 16.8 Å². The van der Waals surface area contributed by atoms with Crippen molar-refractivity contribution < 1.29 is 9.18 Å². The van der Waals surface area contributed by atoms with Crippen LogP contribution in [0.5, 0.6) is 0 Å². The van der Waals surface area contributed by atoms with Gasteiger partial charge in [-0.25, -0.2) is 4.39 Å². The van der Waals surface area contributed by atoms with Crippen molar-refractivity contribution in [1.29, 1.82) is 0 Å². The van der Waals surface area contributed by atoms with Crippen LogP contribution in [0.25, 0.3) is 11.3 Å². The molecule has 3 rings (SSSR count). The zero-order valence-corrected chi connectivity index (χ0v) is 10.8. The molecule has 1 aromatic carbocycles. The quantitative estimate of drug-likeness (QED) is 0.873. The van der Waals surface area contributed by atoms with E-state index in [1.54, 1.807) is 29.2 Å². The average molecular weight is 271 g/mol. The first-order valence-corrected chi connectivity index (χ1v) is 6.41. The molecule has 1 aromatic heterocycles. The van der Waals surface area contributed by atoms with E-state index < -0.39 is 0 Å². The Kier molecular flexibility index (Phi) is 3.10. The summed E-state index contributed by atoms with van der Waals surface area (Å²) in [6.45, 7) is 4.33. The summed E-state index contributed by atoms with van der Waals surface area (Å²) < 4.78 is 12.9. The molecular weight excluding hydrogens is 257 g/mol. The van der Waals surface area contributed by atoms with Gasteiger partial charge in [0.05, 0.1) is 5.69 Å². The van der Waals surface area contributed by atoms with E-state index in [4.69, 9.17) is 0 Å². The Labute approximate surface area is 115 Å². The molecule has 20 heavy (non-hydrogen) atoms. The molecule has 1 amide bonds. The van der Waals surface area contributed by atoms with Crippen LogP contribution in [0.3, 0.4) is 0 Å². The van der Waals surface area contributed by atoms with Gasteiger partial charge in [0, 0.05) is 24.9 Å². The number of nitrogens with zero attached hydrogens (tertiary/aromatic N) is 2. The molecule has 2 aromatic rings. The van der Waals surface area contributed by atoms with Crippen LogP contribution in [-0.2, 0) is 4.79 Å². The number of rotatable bonds is 3. The minimum atomic E-state index is -0.281. The van der Waals surface area contributed by atoms with Gasteiger partial charge in [-0.15, -0.1) is 6.58 Å². The topological polar surface area (TPSA) is 49.0 Å². The van der Waals surface area contributed by atoms with Crippen molar-refractivity contribution in [3.63, 3.8) is 0 Å². The first-order chi connectivity index (χ1) is 9.67. The number of benzene rings is 1. The van der Waals surface area contributed by atoms with Crippen LogP contribution in [0.4, 0.5) is 10.2 Å². The molecule has 1 N–H and O–H groups in total. The van der Waals surface area contributed by atoms with Gasteiger partial charge < -0.3 is 0 Å². The smallest absolute Gasteiger partial charge is 0.228 e. The number of halogens is 1. The van der Waals surface area contributed by atoms with Crippen LogP contribution < -0.4 is 4.90 Å². The fraction of sp³-hybridized carbons (Fsp3) is 0.200. The second-order valence-corrected chi connectivity index (χ2v) is 4.85. The number of aromatic nitrogens is 2. The molecule has 0 aliphatic carbocycles. The number of nitrogens with one attached hydrogen (secondary N) is 1. The lowest BCUT2D eigenvalue weighted by Gasteiger charge is -2.11. The second kappa shape index (κ2) is 4.92. The van der Waals surface area contributed by atoms with E-state index in [0.717, 1.165) is 11.3 Å². The van der Waals surface area contributed by atoms with E-state index in [1.807, 2.05) is 0 Å². The fourth-order valence-electron chi connectivity index (χ4n) is 2.34. The highest BCUT2D eigenvalue weighted by Crippen LogP contribution is 2.27. The zero-order chi connectivity index (χ0) is 14.1. The molecule has 1 fully saturated rings. The van der Waals surface area contributed by atoms with Gasteiger partial charge in [0.2, 0.25) is 5.91 Å². The molecule has 0 spiro atoms. The molecular formula is C15H14FN3O. The predicted molar refractivity (Wildman–Crippen MR) is 74.6 cm³/mol. The second-order valence-electron chi connectivity index (χ2n) is 4.85. The van der Waals surface area contributed by atoms with E-state index in [0.29, 0.717) is 18.8 Å². The number of anilines is 1. The Bertz CT molecular complexity index is 647. The number of hydrogen-bond acceptors (Lipinski definition) is 2. The lowest BCUT2D eigenvalue weighted by Crippen LogP contribution is -2.24. The summed E-state index contributed by atoms with van der Waals surface area (Å²) >= 11 is 0. The first-order valence-electron chi connectivity index (χ1n) is 6.41. The summed E-state index contributed by atoms with van der Waals surface area (Å²) in [4.78, 5) is 13.6. The van der Waals surface area contributed by atoms with Crippen molar-refractivity contribution in [2.24, 2.45) is 5.92 Å². The molecule has 4 nitrogen and oxygen atoms in total. The van der Waals surface area contributed by atoms with Gasteiger partial charge in [-0.05, 0) is 29.8 Å². The number of hydrogen-bond donors (Lipinski definition) is 1. The summed E-state index contributed by atoms with van der Waals surface area (Å²) in [7, 11) is 0. The van der Waals surface area contributed by atoms with E-state index in [1.165, 1.54) is 12.1 Å². The molecule has 1 aliphatic rings. The zero-order valence-electron chi connectivity index (χ0n) is 10.8. The standard InChI is InChI=1S/C15H14FN3O/c1-2-10-7-15(20)19(9-10)14-8-13(17-18-14)11-3-5-12(16)6-4-11/h2-6,8,10H,1,7,9H2,(H,17,18). The maximum Gasteiger partial charge on any atom is 0.228 e. The Morgan fingerprint density at radius 3 is 2.80 bits per heavy atom. The first kappa shape index (κ1) is 12.6. The predicted octanol–water partition coefficient (Wildman–Crippen LogP) is 2.75.